The van der Waals surface area contributed by atoms with Crippen molar-refractivity contribution in [3.05, 3.63) is 87.9 Å². The van der Waals surface area contributed by atoms with Gasteiger partial charge in [-0.05, 0) is 65.7 Å². The van der Waals surface area contributed by atoms with Crippen LogP contribution >= 0.6 is 23.1 Å². The number of benzene rings is 3. The predicted molar refractivity (Wildman–Crippen MR) is 129 cm³/mol. The first-order valence-electron chi connectivity index (χ1n) is 9.98. The third-order valence-corrected chi connectivity index (χ3v) is 6.90. The fourth-order valence-electron chi connectivity index (χ4n) is 3.39. The summed E-state index contributed by atoms with van der Waals surface area (Å²) in [5, 5.41) is 5.44. The van der Waals surface area contributed by atoms with Crippen LogP contribution in [0.5, 0.6) is 5.75 Å². The van der Waals surface area contributed by atoms with E-state index in [-0.39, 0.29) is 5.91 Å². The van der Waals surface area contributed by atoms with Crippen molar-refractivity contribution in [3.63, 3.8) is 0 Å². The molecule has 0 atom stereocenters. The summed E-state index contributed by atoms with van der Waals surface area (Å²) in [5.41, 5.74) is 2.89. The zero-order valence-electron chi connectivity index (χ0n) is 17.8. The van der Waals surface area contributed by atoms with Gasteiger partial charge >= 0.3 is 0 Å². The van der Waals surface area contributed by atoms with Gasteiger partial charge in [0, 0.05) is 35.2 Å². The summed E-state index contributed by atoms with van der Waals surface area (Å²) in [5.74, 6) is 1.70. The molecule has 3 aromatic carbocycles. The minimum absolute atomic E-state index is 0.0153. The normalized spacial score (nSPS) is 10.9. The van der Waals surface area contributed by atoms with E-state index in [1.807, 2.05) is 56.4 Å². The van der Waals surface area contributed by atoms with E-state index in [1.165, 1.54) is 0 Å². The molecule has 31 heavy (non-hydrogen) atoms. The van der Waals surface area contributed by atoms with Crippen LogP contribution in [0.25, 0.3) is 10.8 Å². The molecule has 4 rings (SSSR count). The highest BCUT2D eigenvalue weighted by atomic mass is 32.2. The lowest BCUT2D eigenvalue weighted by Gasteiger charge is -2.18. The van der Waals surface area contributed by atoms with Crippen LogP contribution in [-0.4, -0.2) is 29.9 Å². The van der Waals surface area contributed by atoms with Crippen LogP contribution in [-0.2, 0) is 12.3 Å². The van der Waals surface area contributed by atoms with Crippen molar-refractivity contribution in [2.75, 3.05) is 14.2 Å². The van der Waals surface area contributed by atoms with E-state index in [4.69, 9.17) is 4.74 Å². The second-order valence-corrected chi connectivity index (χ2v) is 9.49. The Morgan fingerprint density at radius 3 is 2.52 bits per heavy atom. The third-order valence-electron chi connectivity index (χ3n) is 5.03. The summed E-state index contributed by atoms with van der Waals surface area (Å²) in [6, 6.07) is 20.1. The Hall–Kier alpha value is -2.83. The van der Waals surface area contributed by atoms with E-state index in [0.717, 1.165) is 43.4 Å². The first-order valence-corrected chi connectivity index (χ1v) is 11.8. The second kappa shape index (κ2) is 9.54. The average Bonchev–Trinajstić information content (AvgIpc) is 3.22. The maximum absolute atomic E-state index is 12.9. The van der Waals surface area contributed by atoms with Crippen molar-refractivity contribution in [3.8, 4) is 5.75 Å². The van der Waals surface area contributed by atoms with Crippen LogP contribution in [0.15, 0.2) is 70.9 Å². The maximum Gasteiger partial charge on any atom is 0.253 e. The van der Waals surface area contributed by atoms with E-state index in [1.54, 1.807) is 35.1 Å². The second-order valence-electron chi connectivity index (χ2n) is 7.38. The summed E-state index contributed by atoms with van der Waals surface area (Å²) < 4.78 is 5.29. The molecular formula is C25H24N2O2S2. The molecule has 0 saturated carbocycles. The molecule has 0 N–H and O–H groups in total. The molecule has 0 spiro atoms. The van der Waals surface area contributed by atoms with Gasteiger partial charge in [-0.25, -0.2) is 4.98 Å². The van der Waals surface area contributed by atoms with Gasteiger partial charge in [-0.1, -0.05) is 18.2 Å². The zero-order valence-corrected chi connectivity index (χ0v) is 19.4. The number of nitrogens with zero attached hydrogens (tertiary/aromatic N) is 2. The number of carbonyl (C=O) groups excluding carboxylic acids is 1. The molecule has 0 unspecified atom stereocenters. The Morgan fingerprint density at radius 2 is 1.81 bits per heavy atom. The SMILES string of the molecule is COc1ccc2cc(CN(C)C(=O)c3ccc(SCc4csc(C)n4)cc3)ccc2c1. The summed E-state index contributed by atoms with van der Waals surface area (Å²) in [4.78, 5) is 20.3. The molecule has 0 radical (unpaired) electrons. The van der Waals surface area contributed by atoms with Crippen LogP contribution in [0.4, 0.5) is 0 Å². The molecule has 158 valence electrons. The highest BCUT2D eigenvalue weighted by Crippen LogP contribution is 2.25. The van der Waals surface area contributed by atoms with E-state index < -0.39 is 0 Å². The lowest BCUT2D eigenvalue weighted by atomic mass is 10.1. The fourth-order valence-corrected chi connectivity index (χ4v) is 4.90. The quantitative estimate of drug-likeness (QED) is 0.317. The number of thioether (sulfide) groups is 1. The number of thiazole rings is 1. The topological polar surface area (TPSA) is 42.4 Å². The average molecular weight is 449 g/mol. The number of rotatable bonds is 7. The van der Waals surface area contributed by atoms with Crippen molar-refractivity contribution in [2.24, 2.45) is 0 Å². The van der Waals surface area contributed by atoms with Gasteiger partial charge in [0.15, 0.2) is 0 Å². The lowest BCUT2D eigenvalue weighted by Crippen LogP contribution is -2.26. The van der Waals surface area contributed by atoms with Crippen LogP contribution in [0.3, 0.4) is 0 Å². The van der Waals surface area contributed by atoms with Crippen molar-refractivity contribution in [1.29, 1.82) is 0 Å². The number of carbonyl (C=O) groups is 1. The van der Waals surface area contributed by atoms with Crippen LogP contribution in [0.2, 0.25) is 0 Å². The first kappa shape index (κ1) is 21.4. The maximum atomic E-state index is 12.9. The van der Waals surface area contributed by atoms with Crippen LogP contribution in [0, 0.1) is 6.92 Å². The van der Waals surface area contributed by atoms with Crippen LogP contribution in [0.1, 0.15) is 26.6 Å². The van der Waals surface area contributed by atoms with Gasteiger partial charge in [0.2, 0.25) is 0 Å². The van der Waals surface area contributed by atoms with Gasteiger partial charge in [0.25, 0.3) is 5.91 Å². The minimum atomic E-state index is 0.0153. The van der Waals surface area contributed by atoms with Gasteiger partial charge in [-0.2, -0.15) is 0 Å². The van der Waals surface area contributed by atoms with Crippen molar-refractivity contribution in [2.45, 2.75) is 24.1 Å². The molecule has 4 nitrogen and oxygen atoms in total. The first-order chi connectivity index (χ1) is 15.0. The number of ether oxygens (including phenoxy) is 1. The predicted octanol–water partition coefficient (Wildman–Crippen LogP) is 6.18. The van der Waals surface area contributed by atoms with Gasteiger partial charge in [-0.15, -0.1) is 23.1 Å². The molecule has 0 aliphatic rings. The van der Waals surface area contributed by atoms with Gasteiger partial charge < -0.3 is 9.64 Å². The van der Waals surface area contributed by atoms with Gasteiger partial charge in [-0.3, -0.25) is 4.79 Å². The number of aromatic nitrogens is 1. The van der Waals surface area contributed by atoms with E-state index >= 15 is 0 Å². The monoisotopic (exact) mass is 448 g/mol. The van der Waals surface area contributed by atoms with Gasteiger partial charge in [0.05, 0.1) is 17.8 Å². The Morgan fingerprint density at radius 1 is 1.06 bits per heavy atom. The molecule has 4 aromatic rings. The highest BCUT2D eigenvalue weighted by Gasteiger charge is 2.13. The van der Waals surface area contributed by atoms with E-state index in [0.29, 0.717) is 12.1 Å². The molecule has 0 saturated heterocycles. The number of hydrogen-bond donors (Lipinski definition) is 0. The Balaban J connectivity index is 1.38. The summed E-state index contributed by atoms with van der Waals surface area (Å²) in [6.45, 7) is 2.57. The fraction of sp³-hybridized carbons (Fsp3) is 0.200. The van der Waals surface area contributed by atoms with E-state index in [9.17, 15) is 4.79 Å². The molecule has 0 bridgehead atoms. The molecule has 0 fully saturated rings. The third kappa shape index (κ3) is 5.27. The summed E-state index contributed by atoms with van der Waals surface area (Å²) >= 11 is 3.40. The number of methoxy groups -OCH3 is 1. The smallest absolute Gasteiger partial charge is 0.253 e. The number of hydrogen-bond acceptors (Lipinski definition) is 5. The number of amides is 1. The minimum Gasteiger partial charge on any atom is -0.497 e. The Labute approximate surface area is 190 Å². The summed E-state index contributed by atoms with van der Waals surface area (Å²) in [6.07, 6.45) is 0. The Bertz CT molecular complexity index is 1200. The van der Waals surface area contributed by atoms with Crippen molar-refractivity contribution < 1.29 is 9.53 Å². The number of fused-ring (bicyclic) bond motifs is 1. The molecule has 1 heterocycles. The lowest BCUT2D eigenvalue weighted by molar-refractivity contribution is 0.0785. The Kier molecular flexibility index (Phi) is 6.59. The molecular weight excluding hydrogens is 424 g/mol. The molecule has 0 aliphatic heterocycles. The van der Waals surface area contributed by atoms with Crippen molar-refractivity contribution in [1.82, 2.24) is 9.88 Å². The van der Waals surface area contributed by atoms with Crippen molar-refractivity contribution >= 4 is 39.8 Å². The molecule has 1 amide bonds. The highest BCUT2D eigenvalue weighted by molar-refractivity contribution is 7.98. The molecule has 1 aromatic heterocycles. The molecule has 0 aliphatic carbocycles. The van der Waals surface area contributed by atoms with E-state index in [2.05, 4.69) is 28.6 Å². The molecule has 6 heteroatoms. The standard InChI is InChI=1S/C25H24N2O2S2/c1-17-26-22(15-30-17)16-31-24-10-7-19(8-11-24)25(28)27(2)14-18-4-5-21-13-23(29-3)9-6-20(21)12-18/h4-13,15H,14,16H2,1-3H3. The van der Waals surface area contributed by atoms with Crippen LogP contribution < -0.4 is 4.74 Å². The largest absolute Gasteiger partial charge is 0.497 e. The summed E-state index contributed by atoms with van der Waals surface area (Å²) in [7, 11) is 3.51. The zero-order chi connectivity index (χ0) is 21.8. The number of aryl methyl sites for hydroxylation is 1. The van der Waals surface area contributed by atoms with Gasteiger partial charge in [0.1, 0.15) is 5.75 Å².